The molecular weight excluding hydrogens is 216 g/mol. The summed E-state index contributed by atoms with van der Waals surface area (Å²) in [7, 11) is 1.59. The van der Waals surface area contributed by atoms with E-state index in [1.807, 2.05) is 0 Å². The van der Waals surface area contributed by atoms with Gasteiger partial charge in [0.2, 0.25) is 0 Å². The predicted octanol–water partition coefficient (Wildman–Crippen LogP) is -0.577. The minimum atomic E-state index is -1.07. The molecule has 94 valence electrons. The monoisotopic (exact) mass is 234 g/mol. The average molecular weight is 234 g/mol. The van der Waals surface area contributed by atoms with Crippen molar-refractivity contribution in [2.45, 2.75) is 6.42 Å². The van der Waals surface area contributed by atoms with Crippen LogP contribution in [-0.2, 0) is 14.3 Å². The Hall–Kier alpha value is -1.34. The number of carbonyl (C=O) groups is 2. The summed E-state index contributed by atoms with van der Waals surface area (Å²) in [5.74, 6) is -1.07. The number of urea groups is 1. The molecule has 0 saturated carbocycles. The Morgan fingerprint density at radius 3 is 2.56 bits per heavy atom. The van der Waals surface area contributed by atoms with Gasteiger partial charge in [-0.3, -0.25) is 4.79 Å². The number of aliphatic carboxylic acids is 1. The second kappa shape index (κ2) is 10.2. The van der Waals surface area contributed by atoms with Crippen molar-refractivity contribution in [1.82, 2.24) is 10.6 Å². The van der Waals surface area contributed by atoms with Crippen molar-refractivity contribution in [2.75, 3.05) is 40.0 Å². The van der Waals surface area contributed by atoms with E-state index in [-0.39, 0.29) is 6.54 Å². The van der Waals surface area contributed by atoms with Gasteiger partial charge in [0.05, 0.1) is 13.2 Å². The minimum Gasteiger partial charge on any atom is -0.480 e. The van der Waals surface area contributed by atoms with Gasteiger partial charge in [0, 0.05) is 20.3 Å². The lowest BCUT2D eigenvalue weighted by molar-refractivity contribution is -0.135. The van der Waals surface area contributed by atoms with Crippen LogP contribution in [-0.4, -0.2) is 57.1 Å². The van der Waals surface area contributed by atoms with E-state index in [4.69, 9.17) is 14.6 Å². The maximum Gasteiger partial charge on any atom is 0.323 e. The summed E-state index contributed by atoms with van der Waals surface area (Å²) < 4.78 is 9.94. The zero-order chi connectivity index (χ0) is 12.2. The third kappa shape index (κ3) is 10.7. The second-order valence-corrected chi connectivity index (χ2v) is 2.96. The van der Waals surface area contributed by atoms with Crippen molar-refractivity contribution in [3.8, 4) is 0 Å². The molecule has 0 fully saturated rings. The summed E-state index contributed by atoms with van der Waals surface area (Å²) in [5, 5.41) is 13.0. The van der Waals surface area contributed by atoms with E-state index < -0.39 is 12.0 Å². The molecular formula is C9H18N2O5. The Balaban J connectivity index is 3.18. The summed E-state index contributed by atoms with van der Waals surface area (Å²) in [5.41, 5.74) is 0. The molecule has 0 aliphatic rings. The molecule has 0 aromatic heterocycles. The van der Waals surface area contributed by atoms with Crippen LogP contribution in [0.15, 0.2) is 0 Å². The molecule has 0 aromatic rings. The first-order valence-electron chi connectivity index (χ1n) is 4.97. The maximum atomic E-state index is 10.9. The van der Waals surface area contributed by atoms with E-state index in [1.165, 1.54) is 0 Å². The minimum absolute atomic E-state index is 0.379. The predicted molar refractivity (Wildman–Crippen MR) is 56.3 cm³/mol. The summed E-state index contributed by atoms with van der Waals surface area (Å²) >= 11 is 0. The van der Waals surface area contributed by atoms with Gasteiger partial charge in [0.25, 0.3) is 0 Å². The molecule has 0 heterocycles. The number of hydrogen-bond donors (Lipinski definition) is 3. The number of carboxylic acid groups (broad SMARTS) is 1. The van der Waals surface area contributed by atoms with Gasteiger partial charge in [-0.25, -0.2) is 4.79 Å². The Bertz CT molecular complexity index is 210. The van der Waals surface area contributed by atoms with Gasteiger partial charge >= 0.3 is 12.0 Å². The third-order valence-corrected chi connectivity index (χ3v) is 1.58. The van der Waals surface area contributed by atoms with Crippen LogP contribution in [0.1, 0.15) is 6.42 Å². The standard InChI is InChI=1S/C9H18N2O5/c1-15-5-6-16-4-2-3-10-9(14)11-7-8(12)13/h2-7H2,1H3,(H,12,13)(H2,10,11,14). The third-order valence-electron chi connectivity index (χ3n) is 1.58. The van der Waals surface area contributed by atoms with E-state index in [1.54, 1.807) is 7.11 Å². The van der Waals surface area contributed by atoms with Crippen LogP contribution in [0.5, 0.6) is 0 Å². The normalized spacial score (nSPS) is 9.81. The van der Waals surface area contributed by atoms with Crippen LogP contribution in [0.4, 0.5) is 4.79 Å². The molecule has 0 aromatic carbocycles. The lowest BCUT2D eigenvalue weighted by atomic mass is 10.4. The molecule has 3 N–H and O–H groups in total. The number of rotatable bonds is 9. The quantitative estimate of drug-likeness (QED) is 0.464. The highest BCUT2D eigenvalue weighted by Crippen LogP contribution is 1.81. The Kier molecular flexibility index (Phi) is 9.33. The summed E-state index contributed by atoms with van der Waals surface area (Å²) in [6, 6.07) is -0.487. The molecule has 0 rings (SSSR count). The second-order valence-electron chi connectivity index (χ2n) is 2.96. The summed E-state index contributed by atoms with van der Waals surface area (Å²) in [4.78, 5) is 21.0. The Morgan fingerprint density at radius 2 is 1.94 bits per heavy atom. The lowest BCUT2D eigenvalue weighted by Gasteiger charge is -2.06. The Morgan fingerprint density at radius 1 is 1.19 bits per heavy atom. The van der Waals surface area contributed by atoms with Crippen LogP contribution < -0.4 is 10.6 Å². The smallest absolute Gasteiger partial charge is 0.323 e. The molecule has 7 heteroatoms. The number of hydrogen-bond acceptors (Lipinski definition) is 4. The molecule has 0 saturated heterocycles. The van der Waals surface area contributed by atoms with E-state index >= 15 is 0 Å². The van der Waals surface area contributed by atoms with Gasteiger partial charge in [-0.05, 0) is 6.42 Å². The largest absolute Gasteiger partial charge is 0.480 e. The van der Waals surface area contributed by atoms with Crippen molar-refractivity contribution in [2.24, 2.45) is 0 Å². The van der Waals surface area contributed by atoms with Crippen molar-refractivity contribution in [3.63, 3.8) is 0 Å². The highest BCUT2D eigenvalue weighted by atomic mass is 16.5. The zero-order valence-electron chi connectivity index (χ0n) is 9.32. The highest BCUT2D eigenvalue weighted by molar-refractivity contribution is 5.79. The van der Waals surface area contributed by atoms with Crippen LogP contribution >= 0.6 is 0 Å². The van der Waals surface area contributed by atoms with Gasteiger partial charge < -0.3 is 25.2 Å². The molecule has 0 aliphatic carbocycles. The first-order chi connectivity index (χ1) is 7.66. The number of carboxylic acids is 1. The van der Waals surface area contributed by atoms with Gasteiger partial charge in [0.1, 0.15) is 6.54 Å². The molecule has 2 amide bonds. The zero-order valence-corrected chi connectivity index (χ0v) is 9.32. The highest BCUT2D eigenvalue weighted by Gasteiger charge is 2.01. The molecule has 0 radical (unpaired) electrons. The van der Waals surface area contributed by atoms with Gasteiger partial charge in [-0.1, -0.05) is 0 Å². The molecule has 7 nitrogen and oxygen atoms in total. The fourth-order valence-electron chi connectivity index (χ4n) is 0.839. The van der Waals surface area contributed by atoms with Crippen LogP contribution in [0, 0.1) is 0 Å². The van der Waals surface area contributed by atoms with E-state index in [9.17, 15) is 9.59 Å². The first kappa shape index (κ1) is 14.7. The van der Waals surface area contributed by atoms with E-state index in [0.29, 0.717) is 32.8 Å². The molecule has 0 unspecified atom stereocenters. The number of ether oxygens (including phenoxy) is 2. The first-order valence-corrected chi connectivity index (χ1v) is 4.97. The Labute approximate surface area is 94.1 Å². The van der Waals surface area contributed by atoms with Crippen LogP contribution in [0.3, 0.4) is 0 Å². The number of amides is 2. The number of carbonyl (C=O) groups excluding carboxylic acids is 1. The van der Waals surface area contributed by atoms with Crippen molar-refractivity contribution < 1.29 is 24.2 Å². The molecule has 0 atom stereocenters. The van der Waals surface area contributed by atoms with E-state index in [0.717, 1.165) is 0 Å². The SMILES string of the molecule is COCCOCCCNC(=O)NCC(=O)O. The number of nitrogens with one attached hydrogen (secondary N) is 2. The van der Waals surface area contributed by atoms with Crippen molar-refractivity contribution >= 4 is 12.0 Å². The maximum absolute atomic E-state index is 10.9. The van der Waals surface area contributed by atoms with E-state index in [2.05, 4.69) is 10.6 Å². The van der Waals surface area contributed by atoms with Gasteiger partial charge in [-0.15, -0.1) is 0 Å². The molecule has 16 heavy (non-hydrogen) atoms. The molecule has 0 aliphatic heterocycles. The molecule has 0 spiro atoms. The van der Waals surface area contributed by atoms with Crippen LogP contribution in [0.25, 0.3) is 0 Å². The van der Waals surface area contributed by atoms with Gasteiger partial charge in [-0.2, -0.15) is 0 Å². The summed E-state index contributed by atoms with van der Waals surface area (Å²) in [6.45, 7) is 1.67. The molecule has 0 bridgehead atoms. The average Bonchev–Trinajstić information content (AvgIpc) is 2.25. The fraction of sp³-hybridized carbons (Fsp3) is 0.778. The van der Waals surface area contributed by atoms with Crippen molar-refractivity contribution in [3.05, 3.63) is 0 Å². The fourth-order valence-corrected chi connectivity index (χ4v) is 0.839. The lowest BCUT2D eigenvalue weighted by Crippen LogP contribution is -2.39. The van der Waals surface area contributed by atoms with Crippen molar-refractivity contribution in [1.29, 1.82) is 0 Å². The van der Waals surface area contributed by atoms with Gasteiger partial charge in [0.15, 0.2) is 0 Å². The summed E-state index contributed by atoms with van der Waals surface area (Å²) in [6.07, 6.45) is 0.671. The topological polar surface area (TPSA) is 96.9 Å². The van der Waals surface area contributed by atoms with Crippen LogP contribution in [0.2, 0.25) is 0 Å². The number of methoxy groups -OCH3 is 1.